The first kappa shape index (κ1) is 11.9. The minimum absolute atomic E-state index is 0.0593. The number of likely N-dealkylation sites (tertiary alicyclic amines) is 1. The number of nitrogens with one attached hydrogen (secondary N) is 1. The van der Waals surface area contributed by atoms with Crippen molar-refractivity contribution in [1.29, 1.82) is 0 Å². The number of carbonyl (C=O) groups excluding carboxylic acids is 2. The number of carbonyl (C=O) groups is 2. The van der Waals surface area contributed by atoms with E-state index in [1.807, 2.05) is 18.7 Å². The van der Waals surface area contributed by atoms with Crippen LogP contribution >= 0.6 is 0 Å². The van der Waals surface area contributed by atoms with E-state index in [1.54, 1.807) is 0 Å². The van der Waals surface area contributed by atoms with Crippen LogP contribution in [0.25, 0.3) is 0 Å². The van der Waals surface area contributed by atoms with E-state index in [0.717, 1.165) is 43.5 Å². The highest BCUT2D eigenvalue weighted by Crippen LogP contribution is 2.20. The third kappa shape index (κ3) is 2.12. The van der Waals surface area contributed by atoms with Crippen molar-refractivity contribution in [3.05, 3.63) is 22.5 Å². The summed E-state index contributed by atoms with van der Waals surface area (Å²) in [6, 6.07) is 0. The molecule has 2 heterocycles. The molecule has 1 aliphatic heterocycles. The molecule has 0 bridgehead atoms. The number of H-pyrrole nitrogens is 1. The first-order valence-corrected chi connectivity index (χ1v) is 6.08. The number of hydrogen-bond acceptors (Lipinski definition) is 2. The first-order chi connectivity index (χ1) is 8.15. The molecule has 4 heteroatoms. The number of aromatic nitrogens is 1. The Morgan fingerprint density at radius 2 is 1.88 bits per heavy atom. The van der Waals surface area contributed by atoms with Crippen molar-refractivity contribution >= 4 is 12.2 Å². The summed E-state index contributed by atoms with van der Waals surface area (Å²) in [5.41, 5.74) is 2.75. The predicted molar refractivity (Wildman–Crippen MR) is 65.4 cm³/mol. The highest BCUT2D eigenvalue weighted by molar-refractivity contribution is 5.99. The standard InChI is InChI=1S/C13H18N2O2/c1-9-11(8-16)14-10(2)12(9)13(17)15-6-4-3-5-7-15/h8,14H,3-7H2,1-2H3. The second-order valence-electron chi connectivity index (χ2n) is 4.63. The Morgan fingerprint density at radius 3 is 2.41 bits per heavy atom. The Morgan fingerprint density at radius 1 is 1.24 bits per heavy atom. The zero-order valence-electron chi connectivity index (χ0n) is 10.4. The van der Waals surface area contributed by atoms with Crippen LogP contribution in [0.1, 0.15) is 51.4 Å². The van der Waals surface area contributed by atoms with E-state index < -0.39 is 0 Å². The van der Waals surface area contributed by atoms with Gasteiger partial charge in [-0.15, -0.1) is 0 Å². The smallest absolute Gasteiger partial charge is 0.255 e. The van der Waals surface area contributed by atoms with Gasteiger partial charge in [0.2, 0.25) is 0 Å². The van der Waals surface area contributed by atoms with Crippen molar-refractivity contribution in [3.8, 4) is 0 Å². The van der Waals surface area contributed by atoms with Gasteiger partial charge in [-0.05, 0) is 38.7 Å². The number of aryl methyl sites for hydroxylation is 1. The van der Waals surface area contributed by atoms with Crippen molar-refractivity contribution in [1.82, 2.24) is 9.88 Å². The summed E-state index contributed by atoms with van der Waals surface area (Å²) in [4.78, 5) is 28.1. The number of hydrogen-bond donors (Lipinski definition) is 1. The molecule has 0 atom stereocenters. The van der Waals surface area contributed by atoms with Crippen molar-refractivity contribution in [2.75, 3.05) is 13.1 Å². The van der Waals surface area contributed by atoms with Crippen molar-refractivity contribution in [2.24, 2.45) is 0 Å². The van der Waals surface area contributed by atoms with Gasteiger partial charge < -0.3 is 9.88 Å². The monoisotopic (exact) mass is 234 g/mol. The minimum Gasteiger partial charge on any atom is -0.356 e. The normalized spacial score (nSPS) is 16.0. The highest BCUT2D eigenvalue weighted by atomic mass is 16.2. The Balaban J connectivity index is 2.29. The zero-order chi connectivity index (χ0) is 12.4. The quantitative estimate of drug-likeness (QED) is 0.796. The largest absolute Gasteiger partial charge is 0.356 e. The molecule has 2 rings (SSSR count). The SMILES string of the molecule is Cc1[nH]c(C=O)c(C)c1C(=O)N1CCCCC1. The van der Waals surface area contributed by atoms with Crippen molar-refractivity contribution < 1.29 is 9.59 Å². The summed E-state index contributed by atoms with van der Waals surface area (Å²) in [5, 5.41) is 0. The van der Waals surface area contributed by atoms with Crippen LogP contribution in [0.5, 0.6) is 0 Å². The lowest BCUT2D eigenvalue weighted by Gasteiger charge is -2.27. The van der Waals surface area contributed by atoms with Crippen LogP contribution in [0.2, 0.25) is 0 Å². The topological polar surface area (TPSA) is 53.2 Å². The summed E-state index contributed by atoms with van der Waals surface area (Å²) in [6.07, 6.45) is 4.13. The molecular formula is C13H18N2O2. The molecule has 4 nitrogen and oxygen atoms in total. The highest BCUT2D eigenvalue weighted by Gasteiger charge is 2.23. The molecule has 92 valence electrons. The van der Waals surface area contributed by atoms with Crippen molar-refractivity contribution in [2.45, 2.75) is 33.1 Å². The lowest BCUT2D eigenvalue weighted by Crippen LogP contribution is -2.36. The maximum atomic E-state index is 12.4. The van der Waals surface area contributed by atoms with E-state index >= 15 is 0 Å². The summed E-state index contributed by atoms with van der Waals surface area (Å²) in [6.45, 7) is 5.33. The summed E-state index contributed by atoms with van der Waals surface area (Å²) < 4.78 is 0. The van der Waals surface area contributed by atoms with Gasteiger partial charge in [0.1, 0.15) is 0 Å². The fourth-order valence-electron chi connectivity index (χ4n) is 2.47. The maximum Gasteiger partial charge on any atom is 0.255 e. The van der Waals surface area contributed by atoms with Gasteiger partial charge in [0, 0.05) is 18.8 Å². The van der Waals surface area contributed by atoms with E-state index in [4.69, 9.17) is 0 Å². The Kier molecular flexibility index (Phi) is 3.31. The van der Waals surface area contributed by atoms with Crippen LogP contribution in [0.3, 0.4) is 0 Å². The van der Waals surface area contributed by atoms with Crippen LogP contribution < -0.4 is 0 Å². The van der Waals surface area contributed by atoms with Gasteiger partial charge in [0.15, 0.2) is 6.29 Å². The van der Waals surface area contributed by atoms with Gasteiger partial charge in [-0.2, -0.15) is 0 Å². The van der Waals surface area contributed by atoms with E-state index in [1.165, 1.54) is 6.42 Å². The van der Waals surface area contributed by atoms with E-state index in [2.05, 4.69) is 4.98 Å². The van der Waals surface area contributed by atoms with Gasteiger partial charge in [0.25, 0.3) is 5.91 Å². The number of amides is 1. The molecule has 1 fully saturated rings. The van der Waals surface area contributed by atoms with E-state index in [9.17, 15) is 9.59 Å². The molecule has 0 saturated carbocycles. The number of aromatic amines is 1. The van der Waals surface area contributed by atoms with Gasteiger partial charge in [-0.1, -0.05) is 0 Å². The number of piperidine rings is 1. The van der Waals surface area contributed by atoms with Gasteiger partial charge >= 0.3 is 0 Å². The average Bonchev–Trinajstić information content (AvgIpc) is 2.64. The van der Waals surface area contributed by atoms with Crippen LogP contribution in [-0.2, 0) is 0 Å². The molecule has 1 aromatic heterocycles. The number of rotatable bonds is 2. The Hall–Kier alpha value is -1.58. The predicted octanol–water partition coefficient (Wildman–Crippen LogP) is 2.07. The molecule has 0 radical (unpaired) electrons. The molecule has 0 spiro atoms. The van der Waals surface area contributed by atoms with Crippen LogP contribution in [-0.4, -0.2) is 35.2 Å². The van der Waals surface area contributed by atoms with Crippen LogP contribution in [0, 0.1) is 13.8 Å². The molecule has 1 aromatic rings. The van der Waals surface area contributed by atoms with Crippen LogP contribution in [0.4, 0.5) is 0 Å². The number of nitrogens with zero attached hydrogens (tertiary/aromatic N) is 1. The van der Waals surface area contributed by atoms with Gasteiger partial charge in [-0.3, -0.25) is 9.59 Å². The first-order valence-electron chi connectivity index (χ1n) is 6.08. The Labute approximate surface area is 101 Å². The average molecular weight is 234 g/mol. The fraction of sp³-hybridized carbons (Fsp3) is 0.538. The second kappa shape index (κ2) is 4.73. The zero-order valence-corrected chi connectivity index (χ0v) is 10.4. The molecule has 17 heavy (non-hydrogen) atoms. The van der Waals surface area contributed by atoms with E-state index in [0.29, 0.717) is 11.3 Å². The lowest BCUT2D eigenvalue weighted by molar-refractivity contribution is 0.0723. The summed E-state index contributed by atoms with van der Waals surface area (Å²) in [5.74, 6) is 0.0593. The molecule has 0 unspecified atom stereocenters. The minimum atomic E-state index is 0.0593. The number of aldehydes is 1. The van der Waals surface area contributed by atoms with Gasteiger partial charge in [0.05, 0.1) is 11.3 Å². The molecule has 1 aliphatic rings. The van der Waals surface area contributed by atoms with Gasteiger partial charge in [-0.25, -0.2) is 0 Å². The third-order valence-corrected chi connectivity index (χ3v) is 3.45. The van der Waals surface area contributed by atoms with Crippen LogP contribution in [0.15, 0.2) is 0 Å². The molecule has 0 aromatic carbocycles. The van der Waals surface area contributed by atoms with Crippen molar-refractivity contribution in [3.63, 3.8) is 0 Å². The Bertz CT molecular complexity index is 443. The molecular weight excluding hydrogens is 216 g/mol. The molecule has 0 aliphatic carbocycles. The molecule has 1 N–H and O–H groups in total. The maximum absolute atomic E-state index is 12.4. The summed E-state index contributed by atoms with van der Waals surface area (Å²) in [7, 11) is 0. The molecule has 1 saturated heterocycles. The fourth-order valence-corrected chi connectivity index (χ4v) is 2.47. The van der Waals surface area contributed by atoms with E-state index in [-0.39, 0.29) is 5.91 Å². The summed E-state index contributed by atoms with van der Waals surface area (Å²) >= 11 is 0. The molecule has 1 amide bonds. The lowest BCUT2D eigenvalue weighted by atomic mass is 10.1. The second-order valence-corrected chi connectivity index (χ2v) is 4.63. The third-order valence-electron chi connectivity index (χ3n) is 3.45.